The zero-order valence-electron chi connectivity index (χ0n) is 14.3. The summed E-state index contributed by atoms with van der Waals surface area (Å²) >= 11 is 0. The lowest BCUT2D eigenvalue weighted by molar-refractivity contribution is 0.645. The van der Waals surface area contributed by atoms with Gasteiger partial charge in [-0.05, 0) is 33.6 Å². The van der Waals surface area contributed by atoms with Crippen LogP contribution in [-0.2, 0) is 0 Å². The van der Waals surface area contributed by atoms with Crippen LogP contribution < -0.4 is 15.1 Å². The first kappa shape index (κ1) is 17.5. The predicted octanol–water partition coefficient (Wildman–Crippen LogP) is 2.77. The first-order valence-electron chi connectivity index (χ1n) is 8.04. The van der Waals surface area contributed by atoms with Gasteiger partial charge in [0, 0.05) is 32.7 Å². The summed E-state index contributed by atoms with van der Waals surface area (Å²) in [7, 11) is 2.04. The molecule has 120 valence electrons. The largest absolute Gasteiger partial charge is 0.354 e. The van der Waals surface area contributed by atoms with E-state index in [1.165, 1.54) is 0 Å². The molecule has 6 nitrogen and oxygen atoms in total. The molecule has 21 heavy (non-hydrogen) atoms. The van der Waals surface area contributed by atoms with E-state index >= 15 is 0 Å². The molecule has 0 fully saturated rings. The van der Waals surface area contributed by atoms with Crippen molar-refractivity contribution in [3.05, 3.63) is 0 Å². The molecule has 0 spiro atoms. The van der Waals surface area contributed by atoms with E-state index < -0.39 is 0 Å². The molecule has 1 unspecified atom stereocenters. The number of nitrogens with zero attached hydrogens (tertiary/aromatic N) is 5. The van der Waals surface area contributed by atoms with Crippen molar-refractivity contribution < 1.29 is 0 Å². The van der Waals surface area contributed by atoms with Gasteiger partial charge in [-0.1, -0.05) is 13.8 Å². The molecule has 1 rings (SSSR count). The molecule has 1 aromatic heterocycles. The minimum absolute atomic E-state index is 0.399. The van der Waals surface area contributed by atoms with Gasteiger partial charge in [0.1, 0.15) is 0 Å². The van der Waals surface area contributed by atoms with Crippen molar-refractivity contribution in [2.75, 3.05) is 41.8 Å². The minimum atomic E-state index is 0.399. The van der Waals surface area contributed by atoms with Crippen molar-refractivity contribution in [1.29, 1.82) is 0 Å². The van der Waals surface area contributed by atoms with E-state index in [1.807, 2.05) is 7.05 Å². The lowest BCUT2D eigenvalue weighted by Gasteiger charge is -2.26. The average molecular weight is 294 g/mol. The Kier molecular flexibility index (Phi) is 7.19. The molecule has 1 N–H and O–H groups in total. The average Bonchev–Trinajstić information content (AvgIpc) is 2.52. The predicted molar refractivity (Wildman–Crippen MR) is 90.3 cm³/mol. The van der Waals surface area contributed by atoms with Gasteiger partial charge >= 0.3 is 0 Å². The van der Waals surface area contributed by atoms with Crippen LogP contribution in [0.3, 0.4) is 0 Å². The van der Waals surface area contributed by atoms with Crippen molar-refractivity contribution >= 4 is 17.8 Å². The van der Waals surface area contributed by atoms with Gasteiger partial charge in [0.05, 0.1) is 0 Å². The van der Waals surface area contributed by atoms with Crippen LogP contribution in [0.2, 0.25) is 0 Å². The third-order valence-electron chi connectivity index (χ3n) is 3.76. The Morgan fingerprint density at radius 1 is 1.00 bits per heavy atom. The number of nitrogens with one attached hydrogen (secondary N) is 1. The Labute approximate surface area is 129 Å². The van der Waals surface area contributed by atoms with E-state index in [9.17, 15) is 0 Å². The summed E-state index contributed by atoms with van der Waals surface area (Å²) < 4.78 is 0. The van der Waals surface area contributed by atoms with Gasteiger partial charge in [-0.25, -0.2) is 0 Å². The quantitative estimate of drug-likeness (QED) is 0.756. The standard InChI is InChI=1S/C15H30N6/c1-7-11-16-13-17-14(20(6)12(5)8-2)19-15(18-13)21(9-3)10-4/h12H,7-11H2,1-6H3,(H,16,17,18,19). The van der Waals surface area contributed by atoms with Crippen molar-refractivity contribution in [2.45, 2.75) is 53.5 Å². The normalized spacial score (nSPS) is 12.1. The molecule has 0 saturated heterocycles. The van der Waals surface area contributed by atoms with Gasteiger partial charge in [0.25, 0.3) is 0 Å². The van der Waals surface area contributed by atoms with E-state index in [-0.39, 0.29) is 0 Å². The summed E-state index contributed by atoms with van der Waals surface area (Å²) in [6.45, 7) is 13.4. The zero-order valence-corrected chi connectivity index (χ0v) is 14.3. The fourth-order valence-corrected chi connectivity index (χ4v) is 1.95. The van der Waals surface area contributed by atoms with Crippen LogP contribution in [0.15, 0.2) is 0 Å². The first-order valence-corrected chi connectivity index (χ1v) is 8.04. The molecule has 6 heteroatoms. The van der Waals surface area contributed by atoms with Gasteiger partial charge in [-0.15, -0.1) is 0 Å². The summed E-state index contributed by atoms with van der Waals surface area (Å²) in [6, 6.07) is 0.399. The Morgan fingerprint density at radius 2 is 1.62 bits per heavy atom. The summed E-state index contributed by atoms with van der Waals surface area (Å²) in [6.07, 6.45) is 2.10. The Balaban J connectivity index is 3.13. The third-order valence-corrected chi connectivity index (χ3v) is 3.76. The van der Waals surface area contributed by atoms with Crippen LogP contribution in [0, 0.1) is 0 Å². The molecule has 1 heterocycles. The molecular formula is C15H30N6. The monoisotopic (exact) mass is 294 g/mol. The highest BCUT2D eigenvalue weighted by molar-refractivity contribution is 5.45. The summed E-state index contributed by atoms with van der Waals surface area (Å²) in [5.74, 6) is 2.15. The number of anilines is 3. The number of rotatable bonds is 9. The van der Waals surface area contributed by atoms with Crippen LogP contribution in [0.25, 0.3) is 0 Å². The lowest BCUT2D eigenvalue weighted by atomic mass is 10.2. The second-order valence-corrected chi connectivity index (χ2v) is 5.23. The van der Waals surface area contributed by atoms with Gasteiger partial charge in [-0.3, -0.25) is 0 Å². The van der Waals surface area contributed by atoms with Gasteiger partial charge < -0.3 is 15.1 Å². The molecule has 0 aliphatic heterocycles. The van der Waals surface area contributed by atoms with E-state index in [1.54, 1.807) is 0 Å². The second-order valence-electron chi connectivity index (χ2n) is 5.23. The van der Waals surface area contributed by atoms with E-state index in [0.29, 0.717) is 12.0 Å². The Hall–Kier alpha value is -1.59. The van der Waals surface area contributed by atoms with Gasteiger partial charge in [0.2, 0.25) is 17.8 Å². The van der Waals surface area contributed by atoms with Crippen molar-refractivity contribution in [2.24, 2.45) is 0 Å². The SMILES string of the molecule is CCCNc1nc(N(CC)CC)nc(N(C)C(C)CC)n1. The maximum atomic E-state index is 4.64. The van der Waals surface area contributed by atoms with Gasteiger partial charge in [-0.2, -0.15) is 15.0 Å². The second kappa shape index (κ2) is 8.64. The highest BCUT2D eigenvalue weighted by atomic mass is 15.4. The van der Waals surface area contributed by atoms with E-state index in [4.69, 9.17) is 0 Å². The molecule has 0 bridgehead atoms. The highest BCUT2D eigenvalue weighted by Gasteiger charge is 2.16. The molecule has 1 atom stereocenters. The lowest BCUT2D eigenvalue weighted by Crippen LogP contribution is -2.32. The topological polar surface area (TPSA) is 57.2 Å². The van der Waals surface area contributed by atoms with Crippen molar-refractivity contribution in [3.8, 4) is 0 Å². The summed E-state index contributed by atoms with van der Waals surface area (Å²) in [5, 5.41) is 3.27. The molecular weight excluding hydrogens is 264 g/mol. The Bertz CT molecular complexity index is 419. The molecule has 0 aliphatic rings. The maximum absolute atomic E-state index is 4.64. The zero-order chi connectivity index (χ0) is 15.8. The van der Waals surface area contributed by atoms with Crippen molar-refractivity contribution in [3.63, 3.8) is 0 Å². The maximum Gasteiger partial charge on any atom is 0.231 e. The molecule has 0 aromatic carbocycles. The van der Waals surface area contributed by atoms with Crippen molar-refractivity contribution in [1.82, 2.24) is 15.0 Å². The van der Waals surface area contributed by atoms with E-state index in [2.05, 4.69) is 64.7 Å². The third kappa shape index (κ3) is 4.72. The summed E-state index contributed by atoms with van der Waals surface area (Å²) in [5.41, 5.74) is 0. The molecule has 1 aromatic rings. The van der Waals surface area contributed by atoms with Crippen LogP contribution in [0.1, 0.15) is 47.5 Å². The Morgan fingerprint density at radius 3 is 2.14 bits per heavy atom. The summed E-state index contributed by atoms with van der Waals surface area (Å²) in [4.78, 5) is 18.0. The molecule has 0 aliphatic carbocycles. The number of hydrogen-bond donors (Lipinski definition) is 1. The van der Waals surface area contributed by atoms with Crippen LogP contribution in [-0.4, -0.2) is 47.7 Å². The minimum Gasteiger partial charge on any atom is -0.354 e. The first-order chi connectivity index (χ1) is 10.1. The highest BCUT2D eigenvalue weighted by Crippen LogP contribution is 2.18. The number of hydrogen-bond acceptors (Lipinski definition) is 6. The fraction of sp³-hybridized carbons (Fsp3) is 0.800. The molecule has 0 amide bonds. The van der Waals surface area contributed by atoms with Gasteiger partial charge in [0.15, 0.2) is 0 Å². The fourth-order valence-electron chi connectivity index (χ4n) is 1.95. The van der Waals surface area contributed by atoms with Crippen LogP contribution in [0.4, 0.5) is 17.8 Å². The molecule has 0 radical (unpaired) electrons. The van der Waals surface area contributed by atoms with E-state index in [0.717, 1.165) is 44.4 Å². The molecule has 0 saturated carbocycles. The van der Waals surface area contributed by atoms with Crippen LogP contribution >= 0.6 is 0 Å². The smallest absolute Gasteiger partial charge is 0.231 e. The number of aromatic nitrogens is 3. The van der Waals surface area contributed by atoms with Crippen LogP contribution in [0.5, 0.6) is 0 Å².